The molecule has 0 aliphatic heterocycles. The maximum Gasteiger partial charge on any atom is 0.186 e. The van der Waals surface area contributed by atoms with Crippen molar-refractivity contribution in [3.63, 3.8) is 0 Å². The summed E-state index contributed by atoms with van der Waals surface area (Å²) in [6.45, 7) is 2.66. The Morgan fingerprint density at radius 1 is 1.61 bits per heavy atom. The Morgan fingerprint density at radius 2 is 2.33 bits per heavy atom. The molecule has 0 aliphatic rings. The molecular weight excluding hydrogens is 274 g/mol. The van der Waals surface area contributed by atoms with Crippen LogP contribution in [-0.4, -0.2) is 30.1 Å². The predicted octanol–water partition coefficient (Wildman–Crippen LogP) is 1.87. The normalized spacial score (nSPS) is 10.4. The smallest absolute Gasteiger partial charge is 0.186 e. The maximum atomic E-state index is 9.56. The number of halogens is 1. The van der Waals surface area contributed by atoms with Gasteiger partial charge in [0, 0.05) is 6.54 Å². The molecule has 3 N–H and O–H groups in total. The minimum Gasteiger partial charge on any atom is -0.503 e. The number of ether oxygens (including phenoxy) is 1. The molecule has 5 nitrogen and oxygen atoms in total. The number of phenols is 1. The van der Waals surface area contributed by atoms with Gasteiger partial charge in [0.05, 0.1) is 18.3 Å². The van der Waals surface area contributed by atoms with Crippen molar-refractivity contribution in [2.24, 2.45) is 5.10 Å². The Labute approximate surface area is 116 Å². The van der Waals surface area contributed by atoms with E-state index >= 15 is 0 Å². The van der Waals surface area contributed by atoms with Gasteiger partial charge >= 0.3 is 0 Å². The molecule has 98 valence electrons. The number of methoxy groups -OCH3 is 1. The minimum absolute atomic E-state index is 0.0903. The summed E-state index contributed by atoms with van der Waals surface area (Å²) >= 11 is 10.8. The standard InChI is InChI=1S/C11H14ClN3O2S/c1-3-13-11(18)15-14-6-7-4-8(12)10(16)9(5-7)17-2/h4-6,16H,3H2,1-2H3,(H2,13,15,18)/b14-6-. The van der Waals surface area contributed by atoms with Crippen LogP contribution in [-0.2, 0) is 0 Å². The molecule has 0 amide bonds. The van der Waals surface area contributed by atoms with E-state index < -0.39 is 0 Å². The van der Waals surface area contributed by atoms with E-state index in [2.05, 4.69) is 15.8 Å². The molecule has 0 aliphatic carbocycles. The third-order valence-corrected chi connectivity index (χ3v) is 2.51. The summed E-state index contributed by atoms with van der Waals surface area (Å²) in [5, 5.41) is 17.0. The molecule has 1 aromatic carbocycles. The first-order valence-electron chi connectivity index (χ1n) is 5.21. The van der Waals surface area contributed by atoms with Gasteiger partial charge in [0.2, 0.25) is 0 Å². The fourth-order valence-electron chi connectivity index (χ4n) is 1.19. The summed E-state index contributed by atoms with van der Waals surface area (Å²) in [5.41, 5.74) is 3.33. The van der Waals surface area contributed by atoms with Crippen LogP contribution in [0.3, 0.4) is 0 Å². The second-order valence-electron chi connectivity index (χ2n) is 3.28. The first kappa shape index (κ1) is 14.5. The van der Waals surface area contributed by atoms with Gasteiger partial charge in [0.1, 0.15) is 0 Å². The Hall–Kier alpha value is -1.53. The molecule has 0 fully saturated rings. The zero-order valence-electron chi connectivity index (χ0n) is 10.0. The molecule has 0 aromatic heterocycles. The average molecular weight is 288 g/mol. The number of phenolic OH excluding ortho intramolecular Hbond substituents is 1. The summed E-state index contributed by atoms with van der Waals surface area (Å²) in [4.78, 5) is 0. The van der Waals surface area contributed by atoms with Crippen LogP contribution in [0.25, 0.3) is 0 Å². The topological polar surface area (TPSA) is 65.9 Å². The number of aromatic hydroxyl groups is 1. The predicted molar refractivity (Wildman–Crippen MR) is 76.7 cm³/mol. The summed E-state index contributed by atoms with van der Waals surface area (Å²) in [6.07, 6.45) is 1.53. The number of hydrogen-bond donors (Lipinski definition) is 3. The highest BCUT2D eigenvalue weighted by atomic mass is 35.5. The van der Waals surface area contributed by atoms with Gasteiger partial charge in [-0.25, -0.2) is 0 Å². The molecular formula is C11H14ClN3O2S. The molecule has 18 heavy (non-hydrogen) atoms. The number of hydrogen-bond acceptors (Lipinski definition) is 4. The van der Waals surface area contributed by atoms with Crippen molar-refractivity contribution in [3.8, 4) is 11.5 Å². The third kappa shape index (κ3) is 4.05. The molecule has 1 aromatic rings. The highest BCUT2D eigenvalue weighted by Gasteiger charge is 2.07. The first-order valence-corrected chi connectivity index (χ1v) is 6.00. The Balaban J connectivity index is 2.76. The lowest BCUT2D eigenvalue weighted by Gasteiger charge is -2.06. The first-order chi connectivity index (χ1) is 8.58. The minimum atomic E-state index is -0.0903. The molecule has 0 saturated heterocycles. The molecule has 0 unspecified atom stereocenters. The molecule has 0 spiro atoms. The molecule has 0 radical (unpaired) electrons. The van der Waals surface area contributed by atoms with Crippen LogP contribution < -0.4 is 15.5 Å². The van der Waals surface area contributed by atoms with Gasteiger partial charge in [-0.05, 0) is 36.8 Å². The summed E-state index contributed by atoms with van der Waals surface area (Å²) in [6, 6.07) is 3.18. The Morgan fingerprint density at radius 3 is 2.94 bits per heavy atom. The molecule has 1 rings (SSSR count). The molecule has 0 bridgehead atoms. The summed E-state index contributed by atoms with van der Waals surface area (Å²) < 4.78 is 4.98. The lowest BCUT2D eigenvalue weighted by Crippen LogP contribution is -2.31. The monoisotopic (exact) mass is 287 g/mol. The number of hydrazone groups is 1. The molecule has 0 heterocycles. The fourth-order valence-corrected chi connectivity index (χ4v) is 1.61. The largest absolute Gasteiger partial charge is 0.503 e. The van der Waals surface area contributed by atoms with Gasteiger partial charge in [-0.2, -0.15) is 5.10 Å². The quantitative estimate of drug-likeness (QED) is 0.448. The zero-order chi connectivity index (χ0) is 13.5. The fraction of sp³-hybridized carbons (Fsp3) is 0.273. The number of thiocarbonyl (C=S) groups is 1. The zero-order valence-corrected chi connectivity index (χ0v) is 11.6. The average Bonchev–Trinajstić information content (AvgIpc) is 2.33. The van der Waals surface area contributed by atoms with Gasteiger partial charge in [-0.15, -0.1) is 0 Å². The van der Waals surface area contributed by atoms with Crippen molar-refractivity contribution in [3.05, 3.63) is 22.7 Å². The summed E-state index contributed by atoms with van der Waals surface area (Å²) in [7, 11) is 1.45. The van der Waals surface area contributed by atoms with Gasteiger partial charge in [-0.3, -0.25) is 5.43 Å². The van der Waals surface area contributed by atoms with Crippen molar-refractivity contribution < 1.29 is 9.84 Å². The summed E-state index contributed by atoms with van der Waals surface area (Å²) in [5.74, 6) is 0.200. The maximum absolute atomic E-state index is 9.56. The van der Waals surface area contributed by atoms with Crippen molar-refractivity contribution in [2.75, 3.05) is 13.7 Å². The van der Waals surface area contributed by atoms with Gasteiger partial charge < -0.3 is 15.2 Å². The van der Waals surface area contributed by atoms with Crippen molar-refractivity contribution in [1.82, 2.24) is 10.7 Å². The lowest BCUT2D eigenvalue weighted by atomic mass is 10.2. The van der Waals surface area contributed by atoms with E-state index in [0.29, 0.717) is 16.4 Å². The van der Waals surface area contributed by atoms with Crippen molar-refractivity contribution in [1.29, 1.82) is 0 Å². The number of benzene rings is 1. The van der Waals surface area contributed by atoms with E-state index in [9.17, 15) is 5.11 Å². The number of nitrogens with one attached hydrogen (secondary N) is 2. The van der Waals surface area contributed by atoms with Crippen molar-refractivity contribution in [2.45, 2.75) is 6.92 Å². The van der Waals surface area contributed by atoms with E-state index in [4.69, 9.17) is 28.6 Å². The highest BCUT2D eigenvalue weighted by molar-refractivity contribution is 7.80. The van der Waals surface area contributed by atoms with Gasteiger partial charge in [-0.1, -0.05) is 11.6 Å². The van der Waals surface area contributed by atoms with Gasteiger partial charge in [0.25, 0.3) is 0 Å². The van der Waals surface area contributed by atoms with E-state index in [1.807, 2.05) is 6.92 Å². The lowest BCUT2D eigenvalue weighted by molar-refractivity contribution is 0.373. The van der Waals surface area contributed by atoms with E-state index in [1.54, 1.807) is 12.1 Å². The SMILES string of the molecule is CCNC(=S)N/N=C\c1cc(Cl)c(O)c(OC)c1. The van der Waals surface area contributed by atoms with Crippen LogP contribution in [0.2, 0.25) is 5.02 Å². The highest BCUT2D eigenvalue weighted by Crippen LogP contribution is 2.34. The van der Waals surface area contributed by atoms with Crippen molar-refractivity contribution >= 4 is 35.1 Å². The van der Waals surface area contributed by atoms with Crippen LogP contribution in [0.5, 0.6) is 11.5 Å². The molecule has 0 atom stereocenters. The molecule has 7 heteroatoms. The van der Waals surface area contributed by atoms with Crippen LogP contribution in [0.1, 0.15) is 12.5 Å². The Kier molecular flexibility index (Phi) is 5.67. The van der Waals surface area contributed by atoms with Crippen LogP contribution in [0, 0.1) is 0 Å². The second kappa shape index (κ2) is 7.03. The van der Waals surface area contributed by atoms with Crippen LogP contribution in [0.4, 0.5) is 0 Å². The Bertz CT molecular complexity index is 466. The van der Waals surface area contributed by atoms with E-state index in [-0.39, 0.29) is 10.8 Å². The van der Waals surface area contributed by atoms with E-state index in [0.717, 1.165) is 6.54 Å². The van der Waals surface area contributed by atoms with Gasteiger partial charge in [0.15, 0.2) is 16.6 Å². The second-order valence-corrected chi connectivity index (χ2v) is 4.10. The van der Waals surface area contributed by atoms with Crippen LogP contribution in [0.15, 0.2) is 17.2 Å². The number of nitrogens with zero attached hydrogens (tertiary/aromatic N) is 1. The third-order valence-electron chi connectivity index (χ3n) is 1.99. The van der Waals surface area contributed by atoms with E-state index in [1.165, 1.54) is 13.3 Å². The van der Waals surface area contributed by atoms with Crippen LogP contribution >= 0.6 is 23.8 Å². The molecule has 0 saturated carbocycles. The number of rotatable bonds is 4.